The number of rotatable bonds is 50. The van der Waals surface area contributed by atoms with Crippen molar-refractivity contribution in [1.29, 1.82) is 0 Å². The van der Waals surface area contributed by atoms with Crippen LogP contribution in [0.5, 0.6) is 0 Å². The van der Waals surface area contributed by atoms with E-state index in [4.69, 9.17) is 14.2 Å². The van der Waals surface area contributed by atoms with Crippen LogP contribution in [0.15, 0.2) is 12.2 Å². The molecule has 0 aromatic carbocycles. The number of quaternary nitrogens is 1. The summed E-state index contributed by atoms with van der Waals surface area (Å²) in [5, 5.41) is 9.66. The molecule has 0 radical (unpaired) electrons. The van der Waals surface area contributed by atoms with Gasteiger partial charge < -0.3 is 23.8 Å². The fourth-order valence-corrected chi connectivity index (χ4v) is 8.44. The zero-order valence-corrected chi connectivity index (χ0v) is 42.6. The van der Waals surface area contributed by atoms with E-state index in [2.05, 4.69) is 26.0 Å². The molecule has 0 bridgehead atoms. The number of ether oxygens (including phenoxy) is 3. The summed E-state index contributed by atoms with van der Waals surface area (Å²) in [6, 6.07) is -0.612. The number of likely N-dealkylation sites (N-methyl/N-ethyl adjacent to an activating group) is 1. The summed E-state index contributed by atoms with van der Waals surface area (Å²) in [6.07, 6.45) is 52.6. The second-order valence-electron chi connectivity index (χ2n) is 19.8. The topological polar surface area (TPSA) is 99.1 Å². The largest absolute Gasteiger partial charge is 0.477 e. The van der Waals surface area contributed by atoms with Gasteiger partial charge in [0.1, 0.15) is 6.61 Å². The van der Waals surface area contributed by atoms with Crippen molar-refractivity contribution in [3.63, 3.8) is 0 Å². The van der Waals surface area contributed by atoms with Crippen molar-refractivity contribution in [3.05, 3.63) is 12.2 Å². The molecule has 0 rings (SSSR count). The first kappa shape index (κ1) is 61.1. The molecule has 63 heavy (non-hydrogen) atoms. The molecule has 0 aliphatic rings. The second kappa shape index (κ2) is 46.6. The minimum atomic E-state index is -0.871. The summed E-state index contributed by atoms with van der Waals surface area (Å²) in [7, 11) is 5.55. The molecular formula is C55H106NO7+. The van der Waals surface area contributed by atoms with Crippen molar-refractivity contribution in [3.8, 4) is 0 Å². The van der Waals surface area contributed by atoms with Crippen molar-refractivity contribution in [2.24, 2.45) is 0 Å². The molecule has 2 atom stereocenters. The first-order chi connectivity index (χ1) is 30.6. The van der Waals surface area contributed by atoms with Gasteiger partial charge in [-0.2, -0.15) is 0 Å². The second-order valence-corrected chi connectivity index (χ2v) is 19.8. The zero-order valence-electron chi connectivity index (χ0n) is 42.6. The Kier molecular flexibility index (Phi) is 45.2. The molecule has 0 amide bonds. The summed E-state index contributed by atoms with van der Waals surface area (Å²) in [5.74, 6) is -1.45. The minimum absolute atomic E-state index is 0.0458. The number of carboxylic acid groups (broad SMARTS) is 1. The fraction of sp³-hybridized carbons (Fsp3) is 0.909. The average molecular weight is 893 g/mol. The van der Waals surface area contributed by atoms with Crippen LogP contribution in [0.25, 0.3) is 0 Å². The van der Waals surface area contributed by atoms with E-state index in [1.54, 1.807) is 0 Å². The Morgan fingerprint density at radius 2 is 0.794 bits per heavy atom. The number of aliphatic carboxylic acids is 1. The van der Waals surface area contributed by atoms with E-state index in [0.29, 0.717) is 19.3 Å². The number of carboxylic acids is 1. The molecule has 372 valence electrons. The molecule has 0 heterocycles. The number of unbranched alkanes of at least 4 members (excludes halogenated alkanes) is 34. The Hall–Kier alpha value is -1.93. The summed E-state index contributed by atoms with van der Waals surface area (Å²) in [6.45, 7) is 4.79. The smallest absolute Gasteiger partial charge is 0.362 e. The van der Waals surface area contributed by atoms with Gasteiger partial charge in [0.05, 0.1) is 34.4 Å². The Bertz CT molecular complexity index is 1040. The number of carbonyl (C=O) groups excluding carboxylic acids is 2. The Balaban J connectivity index is 4.18. The summed E-state index contributed by atoms with van der Waals surface area (Å²) in [5.41, 5.74) is 0. The highest BCUT2D eigenvalue weighted by Crippen LogP contribution is 2.17. The molecule has 8 nitrogen and oxygen atoms in total. The van der Waals surface area contributed by atoms with Crippen LogP contribution in [0.2, 0.25) is 0 Å². The molecule has 0 fully saturated rings. The van der Waals surface area contributed by atoms with Gasteiger partial charge in [0.15, 0.2) is 12.1 Å². The van der Waals surface area contributed by atoms with Crippen LogP contribution in [0.4, 0.5) is 0 Å². The average Bonchev–Trinajstić information content (AvgIpc) is 3.24. The van der Waals surface area contributed by atoms with E-state index >= 15 is 0 Å². The van der Waals surface area contributed by atoms with Crippen molar-refractivity contribution >= 4 is 17.9 Å². The van der Waals surface area contributed by atoms with Gasteiger partial charge in [-0.3, -0.25) is 9.59 Å². The van der Waals surface area contributed by atoms with E-state index in [0.717, 1.165) is 38.5 Å². The minimum Gasteiger partial charge on any atom is -0.477 e. The van der Waals surface area contributed by atoms with E-state index in [1.807, 2.05) is 21.1 Å². The predicted octanol–water partition coefficient (Wildman–Crippen LogP) is 15.8. The predicted molar refractivity (Wildman–Crippen MR) is 266 cm³/mol. The zero-order chi connectivity index (χ0) is 46.3. The van der Waals surface area contributed by atoms with Crippen LogP contribution in [-0.2, 0) is 28.6 Å². The highest BCUT2D eigenvalue weighted by atomic mass is 16.6. The maximum atomic E-state index is 12.8. The highest BCUT2D eigenvalue weighted by molar-refractivity contribution is 5.72. The molecule has 0 aliphatic heterocycles. The molecule has 0 aromatic heterocycles. The summed E-state index contributed by atoms with van der Waals surface area (Å²) in [4.78, 5) is 37.2. The Morgan fingerprint density at radius 1 is 0.460 bits per heavy atom. The first-order valence-corrected chi connectivity index (χ1v) is 27.2. The molecular weight excluding hydrogens is 787 g/mol. The number of nitrogens with zero attached hydrogens (tertiary/aromatic N) is 1. The van der Waals surface area contributed by atoms with Gasteiger partial charge in [0.2, 0.25) is 0 Å². The van der Waals surface area contributed by atoms with Crippen molar-refractivity contribution in [2.75, 3.05) is 41.0 Å². The SMILES string of the molecule is CCCCCCCCCCCC/C=C/CCCCCCCCCC(=O)OC(COCCC(C(=O)O)[N+](C)(C)C)COC(=O)CCCCCCCCCCCCCCCCCCCC. The molecule has 0 aliphatic carbocycles. The molecule has 0 saturated heterocycles. The maximum absolute atomic E-state index is 12.8. The molecule has 1 N–H and O–H groups in total. The molecule has 8 heteroatoms. The summed E-state index contributed by atoms with van der Waals surface area (Å²) >= 11 is 0. The first-order valence-electron chi connectivity index (χ1n) is 27.2. The number of hydrogen-bond donors (Lipinski definition) is 1. The molecule has 0 spiro atoms. The van der Waals surface area contributed by atoms with E-state index < -0.39 is 18.1 Å². The molecule has 0 aromatic rings. The van der Waals surface area contributed by atoms with E-state index in [1.165, 1.54) is 199 Å². The number of hydrogen-bond acceptors (Lipinski definition) is 6. The third kappa shape index (κ3) is 45.0. The number of allylic oxidation sites excluding steroid dienone is 2. The quantitative estimate of drug-likeness (QED) is 0.0281. The lowest BCUT2D eigenvalue weighted by Gasteiger charge is -2.31. The normalized spacial score (nSPS) is 12.8. The van der Waals surface area contributed by atoms with Crippen LogP contribution in [0.3, 0.4) is 0 Å². The van der Waals surface area contributed by atoms with Crippen LogP contribution in [0, 0.1) is 0 Å². The number of carbonyl (C=O) groups is 3. The monoisotopic (exact) mass is 893 g/mol. The van der Waals surface area contributed by atoms with Crippen LogP contribution < -0.4 is 0 Å². The van der Waals surface area contributed by atoms with E-state index in [9.17, 15) is 19.5 Å². The third-order valence-electron chi connectivity index (χ3n) is 12.7. The van der Waals surface area contributed by atoms with Crippen molar-refractivity contribution < 1.29 is 38.2 Å². The van der Waals surface area contributed by atoms with Gasteiger partial charge >= 0.3 is 17.9 Å². The van der Waals surface area contributed by atoms with Gasteiger partial charge in [0, 0.05) is 19.3 Å². The van der Waals surface area contributed by atoms with Gasteiger partial charge in [-0.15, -0.1) is 0 Å². The van der Waals surface area contributed by atoms with Crippen molar-refractivity contribution in [1.82, 2.24) is 0 Å². The fourth-order valence-electron chi connectivity index (χ4n) is 8.44. The van der Waals surface area contributed by atoms with Crippen LogP contribution in [-0.4, -0.2) is 80.6 Å². The lowest BCUT2D eigenvalue weighted by molar-refractivity contribution is -0.887. The molecule has 2 unspecified atom stereocenters. The van der Waals surface area contributed by atoms with Gasteiger partial charge in [-0.05, 0) is 38.5 Å². The molecule has 0 saturated carbocycles. The van der Waals surface area contributed by atoms with Gasteiger partial charge in [-0.1, -0.05) is 225 Å². The van der Waals surface area contributed by atoms with Gasteiger partial charge in [0.25, 0.3) is 0 Å². The highest BCUT2D eigenvalue weighted by Gasteiger charge is 2.31. The van der Waals surface area contributed by atoms with E-state index in [-0.39, 0.29) is 36.2 Å². The van der Waals surface area contributed by atoms with Crippen LogP contribution in [0.1, 0.15) is 271 Å². The Morgan fingerprint density at radius 3 is 1.14 bits per heavy atom. The van der Waals surface area contributed by atoms with Crippen LogP contribution >= 0.6 is 0 Å². The lowest BCUT2D eigenvalue weighted by atomic mass is 10.0. The number of esters is 2. The third-order valence-corrected chi connectivity index (χ3v) is 12.7. The standard InChI is InChI=1S/C55H105NO7/c1-6-8-10-12-14-16-18-20-22-24-26-27-28-30-32-34-36-38-40-42-44-46-54(58)63-51(49-61-48-47-52(55(59)60)56(3,4)5)50-62-53(57)45-43-41-39-37-35-33-31-29-25-23-21-19-17-15-13-11-9-7-2/h27-28,51-52H,6-26,29-50H2,1-5H3/p+1/b28-27+. The van der Waals surface area contributed by atoms with Gasteiger partial charge in [-0.25, -0.2) is 4.79 Å². The Labute approximate surface area is 390 Å². The summed E-state index contributed by atoms with van der Waals surface area (Å²) < 4.78 is 17.4. The lowest BCUT2D eigenvalue weighted by Crippen LogP contribution is -2.50. The van der Waals surface area contributed by atoms with Crippen molar-refractivity contribution in [2.45, 2.75) is 283 Å². The maximum Gasteiger partial charge on any atom is 0.362 e.